The Kier molecular flexibility index (Phi) is 4.77. The Balaban J connectivity index is 1.46. The monoisotopic (exact) mass is 409 g/mol. The second-order valence-electron chi connectivity index (χ2n) is 7.34. The minimum atomic E-state index is -0.0533. The van der Waals surface area contributed by atoms with E-state index in [1.165, 1.54) is 10.4 Å². The van der Waals surface area contributed by atoms with Crippen molar-refractivity contribution in [2.45, 2.75) is 13.0 Å². The summed E-state index contributed by atoms with van der Waals surface area (Å²) in [6, 6.07) is 26.4. The second-order valence-corrected chi connectivity index (χ2v) is 8.34. The standard InChI is InChI=1S/C26H19NO2S/c28-25(18-6-2-1-3-7-18)19-10-12-20(13-11-19)26(29)27-17-24-22(14-15-30-24)16-21-8-4-5-9-23(21)27/h1-15H,16-17H2. The minimum Gasteiger partial charge on any atom is -0.303 e. The highest BCUT2D eigenvalue weighted by molar-refractivity contribution is 7.10. The highest BCUT2D eigenvalue weighted by Gasteiger charge is 2.25. The molecule has 0 unspecified atom stereocenters. The molecule has 5 rings (SSSR count). The lowest BCUT2D eigenvalue weighted by molar-refractivity contribution is 0.0983. The van der Waals surface area contributed by atoms with Crippen molar-refractivity contribution in [3.05, 3.63) is 123 Å². The van der Waals surface area contributed by atoms with E-state index in [1.807, 2.05) is 41.3 Å². The van der Waals surface area contributed by atoms with E-state index in [1.54, 1.807) is 47.7 Å². The number of thiophene rings is 1. The molecule has 0 aliphatic carbocycles. The Labute approximate surface area is 179 Å². The van der Waals surface area contributed by atoms with E-state index < -0.39 is 0 Å². The first-order chi connectivity index (χ1) is 14.7. The van der Waals surface area contributed by atoms with Crippen molar-refractivity contribution >= 4 is 28.7 Å². The van der Waals surface area contributed by atoms with Crippen LogP contribution in [0.4, 0.5) is 5.69 Å². The van der Waals surface area contributed by atoms with E-state index in [2.05, 4.69) is 17.5 Å². The fourth-order valence-electron chi connectivity index (χ4n) is 3.88. The molecular formula is C26H19NO2S. The summed E-state index contributed by atoms with van der Waals surface area (Å²) in [7, 11) is 0. The number of hydrogen-bond acceptors (Lipinski definition) is 3. The van der Waals surface area contributed by atoms with Gasteiger partial charge in [-0.25, -0.2) is 0 Å². The molecule has 1 aromatic heterocycles. The zero-order valence-electron chi connectivity index (χ0n) is 16.2. The van der Waals surface area contributed by atoms with Gasteiger partial charge in [0.05, 0.1) is 6.54 Å². The first-order valence-electron chi connectivity index (χ1n) is 9.85. The Morgan fingerprint density at radius 3 is 2.17 bits per heavy atom. The van der Waals surface area contributed by atoms with Crippen LogP contribution in [0.3, 0.4) is 0 Å². The van der Waals surface area contributed by atoms with E-state index in [0.717, 1.165) is 17.7 Å². The van der Waals surface area contributed by atoms with E-state index >= 15 is 0 Å². The predicted molar refractivity (Wildman–Crippen MR) is 120 cm³/mol. The molecule has 0 bridgehead atoms. The SMILES string of the molecule is O=C(c1ccccc1)c1ccc(C(=O)N2Cc3sccc3Cc3ccccc32)cc1. The van der Waals surface area contributed by atoms with Gasteiger partial charge >= 0.3 is 0 Å². The van der Waals surface area contributed by atoms with Crippen LogP contribution in [0, 0.1) is 0 Å². The van der Waals surface area contributed by atoms with Gasteiger partial charge < -0.3 is 4.90 Å². The van der Waals surface area contributed by atoms with E-state index in [-0.39, 0.29) is 11.7 Å². The molecule has 146 valence electrons. The van der Waals surface area contributed by atoms with Crippen LogP contribution in [0.2, 0.25) is 0 Å². The normalized spacial score (nSPS) is 12.6. The Morgan fingerprint density at radius 2 is 1.37 bits per heavy atom. The summed E-state index contributed by atoms with van der Waals surface area (Å²) in [5.41, 5.74) is 5.19. The average Bonchev–Trinajstić information content (AvgIpc) is 3.18. The molecule has 3 nitrogen and oxygen atoms in total. The third-order valence-corrected chi connectivity index (χ3v) is 6.43. The molecule has 0 atom stereocenters. The lowest BCUT2D eigenvalue weighted by Crippen LogP contribution is -2.30. The zero-order valence-corrected chi connectivity index (χ0v) is 17.1. The van der Waals surface area contributed by atoms with Gasteiger partial charge in [0.25, 0.3) is 5.91 Å². The summed E-state index contributed by atoms with van der Waals surface area (Å²) in [6.45, 7) is 0.563. The van der Waals surface area contributed by atoms with Crippen molar-refractivity contribution in [1.29, 1.82) is 0 Å². The summed E-state index contributed by atoms with van der Waals surface area (Å²) in [4.78, 5) is 29.2. The number of fused-ring (bicyclic) bond motifs is 2. The van der Waals surface area contributed by atoms with Gasteiger partial charge in [0.1, 0.15) is 0 Å². The quantitative estimate of drug-likeness (QED) is 0.405. The molecule has 0 spiro atoms. The van der Waals surface area contributed by atoms with Crippen LogP contribution in [0.1, 0.15) is 42.3 Å². The number of hydrogen-bond donors (Lipinski definition) is 0. The lowest BCUT2D eigenvalue weighted by atomic mass is 10.0. The van der Waals surface area contributed by atoms with Gasteiger partial charge in [-0.3, -0.25) is 9.59 Å². The van der Waals surface area contributed by atoms with Gasteiger partial charge in [0, 0.05) is 33.7 Å². The molecule has 30 heavy (non-hydrogen) atoms. The van der Waals surface area contributed by atoms with Gasteiger partial charge in [0.15, 0.2) is 5.78 Å². The number of carbonyl (C=O) groups excluding carboxylic acids is 2. The summed E-state index contributed by atoms with van der Waals surface area (Å²) in [6.07, 6.45) is 0.837. The number of nitrogens with zero attached hydrogens (tertiary/aromatic N) is 1. The maximum atomic E-state index is 13.4. The van der Waals surface area contributed by atoms with Gasteiger partial charge in [-0.1, -0.05) is 60.7 Å². The van der Waals surface area contributed by atoms with Crippen molar-refractivity contribution < 1.29 is 9.59 Å². The molecule has 0 saturated heterocycles. The van der Waals surface area contributed by atoms with Gasteiger partial charge in [-0.15, -0.1) is 11.3 Å². The highest BCUT2D eigenvalue weighted by Crippen LogP contribution is 2.33. The Bertz CT molecular complexity index is 1230. The number of anilines is 1. The highest BCUT2D eigenvalue weighted by atomic mass is 32.1. The summed E-state index contributed by atoms with van der Waals surface area (Å²) in [5.74, 6) is -0.0969. The third-order valence-electron chi connectivity index (χ3n) is 5.48. The molecule has 2 heterocycles. The molecular weight excluding hydrogens is 390 g/mol. The number of amides is 1. The van der Waals surface area contributed by atoms with Gasteiger partial charge in [-0.05, 0) is 40.8 Å². The maximum Gasteiger partial charge on any atom is 0.258 e. The van der Waals surface area contributed by atoms with Crippen LogP contribution >= 0.6 is 11.3 Å². The predicted octanol–water partition coefficient (Wildman–Crippen LogP) is 5.73. The fraction of sp³-hybridized carbons (Fsp3) is 0.0769. The molecule has 3 aromatic carbocycles. The van der Waals surface area contributed by atoms with Crippen LogP contribution < -0.4 is 4.90 Å². The molecule has 4 heteroatoms. The first-order valence-corrected chi connectivity index (χ1v) is 10.7. The third kappa shape index (κ3) is 3.36. The summed E-state index contributed by atoms with van der Waals surface area (Å²) < 4.78 is 0. The summed E-state index contributed by atoms with van der Waals surface area (Å²) >= 11 is 1.69. The molecule has 4 aromatic rings. The molecule has 0 N–H and O–H groups in total. The average molecular weight is 410 g/mol. The number of carbonyl (C=O) groups is 2. The fourth-order valence-corrected chi connectivity index (χ4v) is 4.77. The Hall–Kier alpha value is -3.50. The summed E-state index contributed by atoms with van der Waals surface area (Å²) in [5, 5.41) is 2.09. The van der Waals surface area contributed by atoms with Gasteiger partial charge in [0.2, 0.25) is 0 Å². The maximum absolute atomic E-state index is 13.4. The van der Waals surface area contributed by atoms with Crippen LogP contribution in [0.25, 0.3) is 0 Å². The van der Waals surface area contributed by atoms with Crippen molar-refractivity contribution in [2.24, 2.45) is 0 Å². The number of ketones is 1. The van der Waals surface area contributed by atoms with Crippen LogP contribution in [-0.2, 0) is 13.0 Å². The van der Waals surface area contributed by atoms with E-state index in [4.69, 9.17) is 0 Å². The van der Waals surface area contributed by atoms with Gasteiger partial charge in [-0.2, -0.15) is 0 Å². The molecule has 1 amide bonds. The smallest absolute Gasteiger partial charge is 0.258 e. The molecule has 0 fully saturated rings. The molecule has 0 saturated carbocycles. The number of para-hydroxylation sites is 1. The van der Waals surface area contributed by atoms with E-state index in [9.17, 15) is 9.59 Å². The van der Waals surface area contributed by atoms with Crippen molar-refractivity contribution in [3.63, 3.8) is 0 Å². The first kappa shape index (κ1) is 18.5. The lowest BCUT2D eigenvalue weighted by Gasteiger charge is -2.23. The topological polar surface area (TPSA) is 37.4 Å². The largest absolute Gasteiger partial charge is 0.303 e. The Morgan fingerprint density at radius 1 is 0.700 bits per heavy atom. The van der Waals surface area contributed by atoms with Crippen molar-refractivity contribution in [1.82, 2.24) is 0 Å². The second kappa shape index (κ2) is 7.73. The molecule has 0 radical (unpaired) electrons. The number of benzene rings is 3. The van der Waals surface area contributed by atoms with Crippen LogP contribution in [0.5, 0.6) is 0 Å². The van der Waals surface area contributed by atoms with Crippen LogP contribution in [-0.4, -0.2) is 11.7 Å². The van der Waals surface area contributed by atoms with Crippen molar-refractivity contribution in [3.8, 4) is 0 Å². The minimum absolute atomic E-state index is 0.0436. The number of rotatable bonds is 3. The van der Waals surface area contributed by atoms with E-state index in [0.29, 0.717) is 23.2 Å². The van der Waals surface area contributed by atoms with Crippen LogP contribution in [0.15, 0.2) is 90.3 Å². The molecule has 1 aliphatic rings. The zero-order chi connectivity index (χ0) is 20.5. The van der Waals surface area contributed by atoms with Crippen molar-refractivity contribution in [2.75, 3.05) is 4.90 Å². The molecule has 1 aliphatic heterocycles.